The van der Waals surface area contributed by atoms with Gasteiger partial charge in [0.2, 0.25) is 0 Å². The molecule has 2 atom stereocenters. The maximum absolute atomic E-state index is 9.80. The Hall–Kier alpha value is -0.130. The topological polar surface area (TPSA) is 41.5 Å². The molecule has 0 amide bonds. The molecule has 5 heteroatoms. The number of thiophene rings is 1. The minimum absolute atomic E-state index is 0.236. The predicted molar refractivity (Wildman–Crippen MR) is 63.6 cm³/mol. The molecule has 1 aromatic heterocycles. The van der Waals surface area contributed by atoms with Crippen LogP contribution in [-0.2, 0) is 4.74 Å². The largest absolute Gasteiger partial charge is 0.386 e. The van der Waals surface area contributed by atoms with Crippen LogP contribution in [0.25, 0.3) is 0 Å². The number of hydrogen-bond donors (Lipinski definition) is 2. The Morgan fingerprint density at radius 3 is 2.87 bits per heavy atom. The Bertz CT molecular complexity index is 293. The molecule has 0 aromatic carbocycles. The number of nitrogens with one attached hydrogen (secondary N) is 1. The van der Waals surface area contributed by atoms with Gasteiger partial charge in [0.05, 0.1) is 10.9 Å². The number of hydrogen-bond acceptors (Lipinski definition) is 4. The normalized spacial score (nSPS) is 15.2. The summed E-state index contributed by atoms with van der Waals surface area (Å²) in [7, 11) is 1.66. The molecule has 2 N–H and O–H groups in total. The second kappa shape index (κ2) is 6.45. The van der Waals surface area contributed by atoms with Crippen LogP contribution in [0.3, 0.4) is 0 Å². The van der Waals surface area contributed by atoms with Gasteiger partial charge in [0.15, 0.2) is 0 Å². The van der Waals surface area contributed by atoms with Gasteiger partial charge < -0.3 is 15.2 Å². The van der Waals surface area contributed by atoms with Gasteiger partial charge in [-0.15, -0.1) is 11.3 Å². The van der Waals surface area contributed by atoms with Crippen LogP contribution in [0, 0.1) is 0 Å². The monoisotopic (exact) mass is 249 g/mol. The third-order valence-corrected chi connectivity index (χ3v) is 3.33. The van der Waals surface area contributed by atoms with Gasteiger partial charge in [-0.1, -0.05) is 11.6 Å². The quantitative estimate of drug-likeness (QED) is 0.811. The molecule has 0 radical (unpaired) electrons. The third-order valence-electron chi connectivity index (χ3n) is 2.00. The van der Waals surface area contributed by atoms with Crippen LogP contribution in [0.15, 0.2) is 12.1 Å². The van der Waals surface area contributed by atoms with Crippen molar-refractivity contribution in [3.63, 3.8) is 0 Å². The van der Waals surface area contributed by atoms with E-state index in [0.29, 0.717) is 17.5 Å². The van der Waals surface area contributed by atoms with Gasteiger partial charge >= 0.3 is 0 Å². The molecule has 0 aliphatic carbocycles. The Morgan fingerprint density at radius 1 is 1.60 bits per heavy atom. The lowest BCUT2D eigenvalue weighted by atomic mass is 10.2. The van der Waals surface area contributed by atoms with E-state index in [1.807, 2.05) is 13.0 Å². The molecule has 0 fully saturated rings. The number of rotatable bonds is 6. The third kappa shape index (κ3) is 4.49. The minimum Gasteiger partial charge on any atom is -0.386 e. The van der Waals surface area contributed by atoms with Crippen LogP contribution >= 0.6 is 22.9 Å². The zero-order valence-corrected chi connectivity index (χ0v) is 10.4. The molecular weight excluding hydrogens is 234 g/mol. The average molecular weight is 250 g/mol. The summed E-state index contributed by atoms with van der Waals surface area (Å²) in [6.45, 7) is 3.16. The highest BCUT2D eigenvalue weighted by Gasteiger charge is 2.11. The Balaban J connectivity index is 2.33. The van der Waals surface area contributed by atoms with Crippen LogP contribution in [0.5, 0.6) is 0 Å². The maximum Gasteiger partial charge on any atom is 0.101 e. The van der Waals surface area contributed by atoms with E-state index in [2.05, 4.69) is 5.32 Å². The molecule has 0 bridgehead atoms. The van der Waals surface area contributed by atoms with Crippen molar-refractivity contribution in [1.29, 1.82) is 0 Å². The molecule has 15 heavy (non-hydrogen) atoms. The van der Waals surface area contributed by atoms with E-state index in [1.165, 1.54) is 11.3 Å². The Morgan fingerprint density at radius 2 is 2.33 bits per heavy atom. The minimum atomic E-state index is -0.498. The summed E-state index contributed by atoms with van der Waals surface area (Å²) >= 11 is 7.19. The smallest absolute Gasteiger partial charge is 0.101 e. The van der Waals surface area contributed by atoms with Gasteiger partial charge in [-0.05, 0) is 19.1 Å². The number of methoxy groups -OCH3 is 1. The molecule has 1 rings (SSSR count). The van der Waals surface area contributed by atoms with Gasteiger partial charge in [-0.3, -0.25) is 0 Å². The summed E-state index contributed by atoms with van der Waals surface area (Å²) < 4.78 is 5.69. The van der Waals surface area contributed by atoms with Gasteiger partial charge in [-0.25, -0.2) is 0 Å². The zero-order chi connectivity index (χ0) is 11.3. The van der Waals surface area contributed by atoms with E-state index in [0.717, 1.165) is 4.88 Å². The van der Waals surface area contributed by atoms with E-state index in [-0.39, 0.29) is 6.04 Å². The summed E-state index contributed by atoms with van der Waals surface area (Å²) in [4.78, 5) is 0.886. The highest BCUT2D eigenvalue weighted by Crippen LogP contribution is 2.26. The molecule has 86 valence electrons. The summed E-state index contributed by atoms with van der Waals surface area (Å²) in [6.07, 6.45) is -0.498. The lowest BCUT2D eigenvalue weighted by Crippen LogP contribution is -2.33. The lowest BCUT2D eigenvalue weighted by molar-refractivity contribution is 0.145. The summed E-state index contributed by atoms with van der Waals surface area (Å²) in [5.41, 5.74) is 0. The van der Waals surface area contributed by atoms with Crippen LogP contribution in [-0.4, -0.2) is 31.4 Å². The van der Waals surface area contributed by atoms with Crippen molar-refractivity contribution in [1.82, 2.24) is 5.32 Å². The summed E-state index contributed by atoms with van der Waals surface area (Å²) in [5.74, 6) is 0. The van der Waals surface area contributed by atoms with Crippen molar-refractivity contribution < 1.29 is 9.84 Å². The molecule has 0 saturated carbocycles. The van der Waals surface area contributed by atoms with Crippen molar-refractivity contribution in [2.24, 2.45) is 0 Å². The summed E-state index contributed by atoms with van der Waals surface area (Å²) in [5, 5.41) is 13.0. The standard InChI is InChI=1S/C10H16ClNO2S/c1-7(6-14-2)12-5-8(13)9-3-4-10(11)15-9/h3-4,7-8,12-13H,5-6H2,1-2H3. The molecule has 0 saturated heterocycles. The van der Waals surface area contributed by atoms with E-state index in [1.54, 1.807) is 13.2 Å². The Labute approximate surface area is 99.0 Å². The van der Waals surface area contributed by atoms with E-state index < -0.39 is 6.10 Å². The molecule has 3 nitrogen and oxygen atoms in total. The molecule has 1 heterocycles. The highest BCUT2D eigenvalue weighted by atomic mass is 35.5. The maximum atomic E-state index is 9.80. The first-order valence-corrected chi connectivity index (χ1v) is 5.98. The first-order valence-electron chi connectivity index (χ1n) is 4.79. The van der Waals surface area contributed by atoms with Gasteiger partial charge in [0, 0.05) is 24.6 Å². The second-order valence-electron chi connectivity index (χ2n) is 3.42. The van der Waals surface area contributed by atoms with Gasteiger partial charge in [0.1, 0.15) is 6.10 Å². The number of aliphatic hydroxyl groups excluding tert-OH is 1. The fourth-order valence-corrected chi connectivity index (χ4v) is 2.28. The molecule has 0 spiro atoms. The number of ether oxygens (including phenoxy) is 1. The van der Waals surface area contributed by atoms with Crippen molar-refractivity contribution in [3.8, 4) is 0 Å². The van der Waals surface area contributed by atoms with Crippen molar-refractivity contribution in [2.45, 2.75) is 19.1 Å². The first kappa shape index (κ1) is 12.9. The fourth-order valence-electron chi connectivity index (χ4n) is 1.23. The zero-order valence-electron chi connectivity index (χ0n) is 8.87. The average Bonchev–Trinajstić information content (AvgIpc) is 2.62. The highest BCUT2D eigenvalue weighted by molar-refractivity contribution is 7.16. The molecular formula is C10H16ClNO2S. The molecule has 2 unspecified atom stereocenters. The van der Waals surface area contributed by atoms with Gasteiger partial charge in [-0.2, -0.15) is 0 Å². The number of aliphatic hydroxyl groups is 1. The lowest BCUT2D eigenvalue weighted by Gasteiger charge is -2.15. The van der Waals surface area contributed by atoms with Crippen molar-refractivity contribution in [3.05, 3.63) is 21.3 Å². The number of halogens is 1. The molecule has 1 aromatic rings. The van der Waals surface area contributed by atoms with E-state index in [4.69, 9.17) is 16.3 Å². The summed E-state index contributed by atoms with van der Waals surface area (Å²) in [6, 6.07) is 3.88. The fraction of sp³-hybridized carbons (Fsp3) is 0.600. The van der Waals surface area contributed by atoms with Crippen molar-refractivity contribution in [2.75, 3.05) is 20.3 Å². The van der Waals surface area contributed by atoms with Gasteiger partial charge in [0.25, 0.3) is 0 Å². The molecule has 0 aliphatic heterocycles. The van der Waals surface area contributed by atoms with E-state index >= 15 is 0 Å². The molecule has 0 aliphatic rings. The predicted octanol–water partition coefficient (Wildman–Crippen LogP) is 2.06. The van der Waals surface area contributed by atoms with Crippen LogP contribution in [0.2, 0.25) is 4.34 Å². The van der Waals surface area contributed by atoms with Crippen LogP contribution in [0.1, 0.15) is 17.9 Å². The first-order chi connectivity index (χ1) is 7.13. The van der Waals surface area contributed by atoms with Crippen LogP contribution < -0.4 is 5.32 Å². The van der Waals surface area contributed by atoms with E-state index in [9.17, 15) is 5.11 Å². The van der Waals surface area contributed by atoms with Crippen molar-refractivity contribution >= 4 is 22.9 Å². The van der Waals surface area contributed by atoms with Crippen LogP contribution in [0.4, 0.5) is 0 Å². The Kier molecular flexibility index (Phi) is 5.56. The second-order valence-corrected chi connectivity index (χ2v) is 5.17. The SMILES string of the molecule is COCC(C)NCC(O)c1ccc(Cl)s1.